The molecule has 0 radical (unpaired) electrons. The standard InChI is InChI=1S/C15H19NOSi/c1-18(2,3)14-9-10-15(16-11-14)17-12-13-7-5-4-6-8-13/h4-11H,12H2,1-3H3. The molecule has 0 aliphatic carbocycles. The third kappa shape index (κ3) is 3.44. The van der Waals surface area contributed by atoms with Crippen molar-refractivity contribution in [3.63, 3.8) is 0 Å². The summed E-state index contributed by atoms with van der Waals surface area (Å²) in [6, 6.07) is 14.2. The molecule has 2 aromatic rings. The predicted octanol–water partition coefficient (Wildman–Crippen LogP) is 3.21. The van der Waals surface area contributed by atoms with Gasteiger partial charge in [0.05, 0.1) is 8.07 Å². The highest BCUT2D eigenvalue weighted by Crippen LogP contribution is 2.09. The van der Waals surface area contributed by atoms with E-state index in [-0.39, 0.29) is 0 Å². The molecule has 0 saturated heterocycles. The molecule has 0 amide bonds. The van der Waals surface area contributed by atoms with E-state index in [1.54, 1.807) is 0 Å². The van der Waals surface area contributed by atoms with Crippen LogP contribution in [0.2, 0.25) is 19.6 Å². The number of pyridine rings is 1. The lowest BCUT2D eigenvalue weighted by Gasteiger charge is -2.16. The summed E-state index contributed by atoms with van der Waals surface area (Å²) in [5, 5.41) is 1.36. The molecule has 18 heavy (non-hydrogen) atoms. The number of aromatic nitrogens is 1. The number of hydrogen-bond donors (Lipinski definition) is 0. The van der Waals surface area contributed by atoms with Gasteiger partial charge in [0.2, 0.25) is 5.88 Å². The van der Waals surface area contributed by atoms with Crippen molar-refractivity contribution in [3.05, 3.63) is 54.2 Å². The summed E-state index contributed by atoms with van der Waals surface area (Å²) in [7, 11) is -1.26. The van der Waals surface area contributed by atoms with E-state index >= 15 is 0 Å². The minimum Gasteiger partial charge on any atom is -0.473 e. The van der Waals surface area contributed by atoms with Crippen LogP contribution < -0.4 is 9.92 Å². The van der Waals surface area contributed by atoms with Gasteiger partial charge >= 0.3 is 0 Å². The van der Waals surface area contributed by atoms with Gasteiger partial charge in [0, 0.05) is 12.3 Å². The summed E-state index contributed by atoms with van der Waals surface area (Å²) < 4.78 is 5.66. The molecule has 0 saturated carbocycles. The summed E-state index contributed by atoms with van der Waals surface area (Å²) in [6.45, 7) is 7.51. The van der Waals surface area contributed by atoms with Crippen molar-refractivity contribution < 1.29 is 4.74 Å². The summed E-state index contributed by atoms with van der Waals surface area (Å²) in [5.41, 5.74) is 1.16. The van der Waals surface area contributed by atoms with Crippen molar-refractivity contribution in [2.45, 2.75) is 26.2 Å². The van der Waals surface area contributed by atoms with Crippen LogP contribution in [0, 0.1) is 0 Å². The molecule has 1 aromatic carbocycles. The second kappa shape index (κ2) is 5.36. The van der Waals surface area contributed by atoms with Crippen molar-refractivity contribution in [2.24, 2.45) is 0 Å². The van der Waals surface area contributed by atoms with Gasteiger partial charge in [-0.2, -0.15) is 0 Å². The number of rotatable bonds is 4. The van der Waals surface area contributed by atoms with Crippen LogP contribution in [0.4, 0.5) is 0 Å². The van der Waals surface area contributed by atoms with Crippen molar-refractivity contribution >= 4 is 13.3 Å². The third-order valence-electron chi connectivity index (χ3n) is 2.83. The Hall–Kier alpha value is -1.61. The molecule has 0 atom stereocenters. The summed E-state index contributed by atoms with van der Waals surface area (Å²) in [6.07, 6.45) is 1.95. The van der Waals surface area contributed by atoms with Crippen molar-refractivity contribution in [1.29, 1.82) is 0 Å². The molecule has 0 aliphatic rings. The van der Waals surface area contributed by atoms with Crippen LogP contribution in [0.1, 0.15) is 5.56 Å². The Labute approximate surface area is 110 Å². The van der Waals surface area contributed by atoms with Gasteiger partial charge in [0.15, 0.2) is 0 Å². The van der Waals surface area contributed by atoms with Crippen LogP contribution in [-0.4, -0.2) is 13.1 Å². The normalized spacial score (nSPS) is 11.3. The summed E-state index contributed by atoms with van der Waals surface area (Å²) in [5.74, 6) is 0.695. The van der Waals surface area contributed by atoms with E-state index in [1.807, 2.05) is 30.5 Å². The first kappa shape index (κ1) is 12.8. The first-order valence-corrected chi connectivity index (χ1v) is 9.69. The quantitative estimate of drug-likeness (QED) is 0.785. The second-order valence-electron chi connectivity index (χ2n) is 5.41. The lowest BCUT2D eigenvalue weighted by molar-refractivity contribution is 0.294. The number of hydrogen-bond acceptors (Lipinski definition) is 2. The zero-order valence-corrected chi connectivity index (χ0v) is 12.2. The van der Waals surface area contributed by atoms with Crippen molar-refractivity contribution in [1.82, 2.24) is 4.98 Å². The first-order valence-electron chi connectivity index (χ1n) is 6.19. The zero-order chi connectivity index (χ0) is 13.0. The molecule has 1 aromatic heterocycles. The molecule has 0 unspecified atom stereocenters. The Bertz CT molecular complexity index is 488. The second-order valence-corrected chi connectivity index (χ2v) is 10.5. The van der Waals surface area contributed by atoms with E-state index in [1.165, 1.54) is 5.19 Å². The molecule has 2 nitrogen and oxygen atoms in total. The average molecular weight is 257 g/mol. The first-order chi connectivity index (χ1) is 8.55. The topological polar surface area (TPSA) is 22.1 Å². The Morgan fingerprint density at radius 2 is 1.72 bits per heavy atom. The molecule has 0 aliphatic heterocycles. The minimum absolute atomic E-state index is 0.570. The Kier molecular flexibility index (Phi) is 3.82. The van der Waals surface area contributed by atoms with E-state index in [9.17, 15) is 0 Å². The van der Waals surface area contributed by atoms with E-state index < -0.39 is 8.07 Å². The van der Waals surface area contributed by atoms with Gasteiger partial charge in [0.1, 0.15) is 6.61 Å². The molecule has 0 spiro atoms. The average Bonchev–Trinajstić information content (AvgIpc) is 2.37. The van der Waals surface area contributed by atoms with Gasteiger partial charge in [-0.25, -0.2) is 4.98 Å². The van der Waals surface area contributed by atoms with E-state index in [0.717, 1.165) is 5.56 Å². The van der Waals surface area contributed by atoms with E-state index in [4.69, 9.17) is 4.74 Å². The molecule has 3 heteroatoms. The van der Waals surface area contributed by atoms with E-state index in [0.29, 0.717) is 12.5 Å². The fourth-order valence-electron chi connectivity index (χ4n) is 1.64. The highest BCUT2D eigenvalue weighted by Gasteiger charge is 2.16. The minimum atomic E-state index is -1.26. The van der Waals surface area contributed by atoms with Gasteiger partial charge in [-0.15, -0.1) is 0 Å². The lowest BCUT2D eigenvalue weighted by Crippen LogP contribution is -2.37. The fourth-order valence-corrected chi connectivity index (χ4v) is 2.68. The van der Waals surface area contributed by atoms with Crippen LogP contribution in [0.3, 0.4) is 0 Å². The SMILES string of the molecule is C[Si](C)(C)c1ccc(OCc2ccccc2)nc1. The van der Waals surface area contributed by atoms with Gasteiger partial charge in [-0.3, -0.25) is 0 Å². The van der Waals surface area contributed by atoms with Gasteiger partial charge in [-0.1, -0.05) is 56.0 Å². The molecule has 0 fully saturated rings. The molecular formula is C15H19NOSi. The van der Waals surface area contributed by atoms with Crippen molar-refractivity contribution in [3.8, 4) is 5.88 Å². The van der Waals surface area contributed by atoms with Crippen LogP contribution in [0.5, 0.6) is 5.88 Å². The molecule has 2 rings (SSSR count). The molecule has 94 valence electrons. The smallest absolute Gasteiger partial charge is 0.213 e. The Morgan fingerprint density at radius 1 is 1.00 bits per heavy atom. The number of ether oxygens (including phenoxy) is 1. The van der Waals surface area contributed by atoms with E-state index in [2.05, 4.69) is 42.8 Å². The van der Waals surface area contributed by atoms with Crippen LogP contribution >= 0.6 is 0 Å². The van der Waals surface area contributed by atoms with Gasteiger partial charge in [-0.05, 0) is 10.8 Å². The van der Waals surface area contributed by atoms with Crippen LogP contribution in [-0.2, 0) is 6.61 Å². The molecule has 0 N–H and O–H groups in total. The lowest BCUT2D eigenvalue weighted by atomic mass is 10.2. The van der Waals surface area contributed by atoms with Crippen LogP contribution in [0.25, 0.3) is 0 Å². The molecule has 0 bridgehead atoms. The highest BCUT2D eigenvalue weighted by atomic mass is 28.3. The maximum absolute atomic E-state index is 5.66. The maximum atomic E-state index is 5.66. The number of benzene rings is 1. The highest BCUT2D eigenvalue weighted by molar-refractivity contribution is 6.88. The van der Waals surface area contributed by atoms with Gasteiger partial charge in [0.25, 0.3) is 0 Å². The zero-order valence-electron chi connectivity index (χ0n) is 11.2. The largest absolute Gasteiger partial charge is 0.473 e. The Balaban J connectivity index is 1.99. The Morgan fingerprint density at radius 3 is 2.28 bits per heavy atom. The third-order valence-corrected chi connectivity index (χ3v) is 4.86. The fraction of sp³-hybridized carbons (Fsp3) is 0.267. The maximum Gasteiger partial charge on any atom is 0.213 e. The summed E-state index contributed by atoms with van der Waals surface area (Å²) in [4.78, 5) is 4.37. The summed E-state index contributed by atoms with van der Waals surface area (Å²) >= 11 is 0. The predicted molar refractivity (Wildman–Crippen MR) is 78.0 cm³/mol. The van der Waals surface area contributed by atoms with Crippen LogP contribution in [0.15, 0.2) is 48.7 Å². The van der Waals surface area contributed by atoms with Crippen molar-refractivity contribution in [2.75, 3.05) is 0 Å². The van der Waals surface area contributed by atoms with Gasteiger partial charge < -0.3 is 4.74 Å². The number of nitrogens with zero attached hydrogens (tertiary/aromatic N) is 1. The molecule has 1 heterocycles. The monoisotopic (exact) mass is 257 g/mol. The molecular weight excluding hydrogens is 238 g/mol.